The minimum absolute atomic E-state index is 0.101. The zero-order chi connectivity index (χ0) is 13.1. The molecule has 0 unspecified atom stereocenters. The molecule has 1 heterocycles. The molecule has 18 heavy (non-hydrogen) atoms. The van der Waals surface area contributed by atoms with Gasteiger partial charge in [-0.2, -0.15) is 0 Å². The van der Waals surface area contributed by atoms with Crippen molar-refractivity contribution in [3.8, 4) is 0 Å². The fraction of sp³-hybridized carbons (Fsp3) is 0.500. The summed E-state index contributed by atoms with van der Waals surface area (Å²) >= 11 is 6.06. The first-order chi connectivity index (χ1) is 8.63. The second-order valence-electron chi connectivity index (χ2n) is 4.77. The SMILES string of the molecule is CNC1CCN(C(=O)c2cccc(Cl)c2C)CC1. The second kappa shape index (κ2) is 5.72. The van der Waals surface area contributed by atoms with Crippen molar-refractivity contribution in [3.63, 3.8) is 0 Å². The average molecular weight is 267 g/mol. The zero-order valence-electron chi connectivity index (χ0n) is 10.9. The van der Waals surface area contributed by atoms with Crippen molar-refractivity contribution < 1.29 is 4.79 Å². The standard InChI is InChI=1S/C14H19ClN2O/c1-10-12(4-3-5-13(10)15)14(18)17-8-6-11(16-2)7-9-17/h3-5,11,16H,6-9H2,1-2H3. The molecular formula is C14H19ClN2O. The van der Waals surface area contributed by atoms with Gasteiger partial charge in [0.2, 0.25) is 0 Å². The van der Waals surface area contributed by atoms with Gasteiger partial charge in [0.15, 0.2) is 0 Å². The van der Waals surface area contributed by atoms with Crippen LogP contribution in [0.3, 0.4) is 0 Å². The number of likely N-dealkylation sites (tertiary alicyclic amines) is 1. The molecule has 1 aromatic carbocycles. The molecule has 0 radical (unpaired) electrons. The van der Waals surface area contributed by atoms with Crippen molar-refractivity contribution in [2.45, 2.75) is 25.8 Å². The largest absolute Gasteiger partial charge is 0.339 e. The molecule has 1 aliphatic rings. The Kier molecular flexibility index (Phi) is 4.25. The van der Waals surface area contributed by atoms with Crippen molar-refractivity contribution in [2.24, 2.45) is 0 Å². The molecule has 1 saturated heterocycles. The number of carbonyl (C=O) groups excluding carboxylic acids is 1. The van der Waals surface area contributed by atoms with Crippen LogP contribution in [0.15, 0.2) is 18.2 Å². The fourth-order valence-electron chi connectivity index (χ4n) is 2.38. The predicted molar refractivity (Wildman–Crippen MR) is 74.2 cm³/mol. The summed E-state index contributed by atoms with van der Waals surface area (Å²) in [5.74, 6) is 0.101. The lowest BCUT2D eigenvalue weighted by Crippen LogP contribution is -2.44. The monoisotopic (exact) mass is 266 g/mol. The first-order valence-electron chi connectivity index (χ1n) is 6.35. The van der Waals surface area contributed by atoms with Crippen LogP contribution in [-0.2, 0) is 0 Å². The van der Waals surface area contributed by atoms with Gasteiger partial charge in [-0.15, -0.1) is 0 Å². The van der Waals surface area contributed by atoms with Gasteiger partial charge >= 0.3 is 0 Å². The summed E-state index contributed by atoms with van der Waals surface area (Å²) < 4.78 is 0. The van der Waals surface area contributed by atoms with Crippen LogP contribution in [0.4, 0.5) is 0 Å². The Balaban J connectivity index is 2.10. The van der Waals surface area contributed by atoms with E-state index in [1.807, 2.05) is 37.1 Å². The number of carbonyl (C=O) groups is 1. The summed E-state index contributed by atoms with van der Waals surface area (Å²) in [6.07, 6.45) is 2.03. The normalized spacial score (nSPS) is 16.9. The van der Waals surface area contributed by atoms with Gasteiger partial charge in [0.25, 0.3) is 5.91 Å². The van der Waals surface area contributed by atoms with Crippen molar-refractivity contribution in [3.05, 3.63) is 34.3 Å². The van der Waals surface area contributed by atoms with Gasteiger partial charge in [0, 0.05) is 29.7 Å². The van der Waals surface area contributed by atoms with Gasteiger partial charge in [0.1, 0.15) is 0 Å². The van der Waals surface area contributed by atoms with E-state index in [2.05, 4.69) is 5.32 Å². The number of benzene rings is 1. The van der Waals surface area contributed by atoms with Crippen LogP contribution in [0, 0.1) is 6.92 Å². The second-order valence-corrected chi connectivity index (χ2v) is 5.17. The Hall–Kier alpha value is -1.06. The Labute approximate surface area is 113 Å². The number of amides is 1. The first kappa shape index (κ1) is 13.4. The maximum atomic E-state index is 12.4. The van der Waals surface area contributed by atoms with E-state index < -0.39 is 0 Å². The van der Waals surface area contributed by atoms with Crippen LogP contribution in [-0.4, -0.2) is 37.0 Å². The third kappa shape index (κ3) is 2.68. The summed E-state index contributed by atoms with van der Waals surface area (Å²) in [5, 5.41) is 3.92. The Morgan fingerprint density at radius 2 is 2.06 bits per heavy atom. The number of halogens is 1. The maximum Gasteiger partial charge on any atom is 0.254 e. The van der Waals surface area contributed by atoms with Crippen LogP contribution in [0.1, 0.15) is 28.8 Å². The lowest BCUT2D eigenvalue weighted by Gasteiger charge is -2.32. The molecule has 1 fully saturated rings. The van der Waals surface area contributed by atoms with Crippen LogP contribution in [0.2, 0.25) is 5.02 Å². The number of hydrogen-bond donors (Lipinski definition) is 1. The van der Waals surface area contributed by atoms with Crippen molar-refractivity contribution >= 4 is 17.5 Å². The van der Waals surface area contributed by atoms with Gasteiger partial charge in [-0.05, 0) is 44.5 Å². The number of nitrogens with zero attached hydrogens (tertiary/aromatic N) is 1. The van der Waals surface area contributed by atoms with Gasteiger partial charge in [-0.25, -0.2) is 0 Å². The third-order valence-corrected chi connectivity index (χ3v) is 4.10. The van der Waals surface area contributed by atoms with E-state index >= 15 is 0 Å². The van der Waals surface area contributed by atoms with Crippen molar-refractivity contribution in [1.29, 1.82) is 0 Å². The van der Waals surface area contributed by atoms with Gasteiger partial charge in [-0.3, -0.25) is 4.79 Å². The number of rotatable bonds is 2. The lowest BCUT2D eigenvalue weighted by molar-refractivity contribution is 0.0706. The van der Waals surface area contributed by atoms with E-state index in [0.29, 0.717) is 11.1 Å². The molecule has 4 heteroatoms. The van der Waals surface area contributed by atoms with E-state index in [-0.39, 0.29) is 5.91 Å². The first-order valence-corrected chi connectivity index (χ1v) is 6.73. The highest BCUT2D eigenvalue weighted by Gasteiger charge is 2.23. The van der Waals surface area contributed by atoms with Crippen LogP contribution < -0.4 is 5.32 Å². The number of hydrogen-bond acceptors (Lipinski definition) is 2. The number of piperidine rings is 1. The molecule has 1 N–H and O–H groups in total. The molecule has 98 valence electrons. The van der Waals surface area contributed by atoms with Gasteiger partial charge in [0.05, 0.1) is 0 Å². The molecule has 0 spiro atoms. The van der Waals surface area contributed by atoms with Crippen LogP contribution in [0.5, 0.6) is 0 Å². The molecule has 0 saturated carbocycles. The minimum Gasteiger partial charge on any atom is -0.339 e. The highest BCUT2D eigenvalue weighted by Crippen LogP contribution is 2.21. The number of nitrogens with one attached hydrogen (secondary N) is 1. The minimum atomic E-state index is 0.101. The highest BCUT2D eigenvalue weighted by atomic mass is 35.5. The summed E-state index contributed by atoms with van der Waals surface area (Å²) in [4.78, 5) is 14.3. The molecule has 0 aromatic heterocycles. The third-order valence-electron chi connectivity index (χ3n) is 3.69. The summed E-state index contributed by atoms with van der Waals surface area (Å²) in [7, 11) is 1.98. The molecule has 0 bridgehead atoms. The molecule has 1 amide bonds. The predicted octanol–water partition coefficient (Wildman–Crippen LogP) is 2.47. The van der Waals surface area contributed by atoms with E-state index in [0.717, 1.165) is 37.1 Å². The van der Waals surface area contributed by atoms with Gasteiger partial charge < -0.3 is 10.2 Å². The van der Waals surface area contributed by atoms with E-state index in [1.165, 1.54) is 0 Å². The van der Waals surface area contributed by atoms with E-state index in [1.54, 1.807) is 0 Å². The summed E-state index contributed by atoms with van der Waals surface area (Å²) in [6.45, 7) is 3.53. The Morgan fingerprint density at radius 1 is 1.39 bits per heavy atom. The zero-order valence-corrected chi connectivity index (χ0v) is 11.6. The molecule has 1 aliphatic heterocycles. The van der Waals surface area contributed by atoms with E-state index in [9.17, 15) is 4.79 Å². The molecule has 0 atom stereocenters. The van der Waals surface area contributed by atoms with E-state index in [4.69, 9.17) is 11.6 Å². The quantitative estimate of drug-likeness (QED) is 0.892. The van der Waals surface area contributed by atoms with Crippen LogP contribution >= 0.6 is 11.6 Å². The molecule has 1 aromatic rings. The average Bonchev–Trinajstić information content (AvgIpc) is 2.41. The maximum absolute atomic E-state index is 12.4. The van der Waals surface area contributed by atoms with Crippen LogP contribution in [0.25, 0.3) is 0 Å². The fourth-order valence-corrected chi connectivity index (χ4v) is 2.56. The molecule has 0 aliphatic carbocycles. The summed E-state index contributed by atoms with van der Waals surface area (Å²) in [5.41, 5.74) is 1.60. The smallest absolute Gasteiger partial charge is 0.254 e. The molecular weight excluding hydrogens is 248 g/mol. The van der Waals surface area contributed by atoms with Crippen molar-refractivity contribution in [2.75, 3.05) is 20.1 Å². The Bertz CT molecular complexity index is 439. The molecule has 3 nitrogen and oxygen atoms in total. The topological polar surface area (TPSA) is 32.3 Å². The summed E-state index contributed by atoms with van der Waals surface area (Å²) in [6, 6.07) is 6.05. The lowest BCUT2D eigenvalue weighted by atomic mass is 10.0. The van der Waals surface area contributed by atoms with Gasteiger partial charge in [-0.1, -0.05) is 17.7 Å². The highest BCUT2D eigenvalue weighted by molar-refractivity contribution is 6.31. The Morgan fingerprint density at radius 3 is 2.67 bits per heavy atom. The van der Waals surface area contributed by atoms with Crippen molar-refractivity contribution in [1.82, 2.24) is 10.2 Å². The molecule has 2 rings (SSSR count).